The number of rotatable bonds is 7. The average Bonchev–Trinajstić information content (AvgIpc) is 3.04. The van der Waals surface area contributed by atoms with Gasteiger partial charge >= 0.3 is 5.97 Å². The van der Waals surface area contributed by atoms with E-state index in [1.165, 1.54) is 0 Å². The van der Waals surface area contributed by atoms with Crippen molar-refractivity contribution in [3.8, 4) is 5.75 Å². The summed E-state index contributed by atoms with van der Waals surface area (Å²) < 4.78 is 10.1. The highest BCUT2D eigenvalue weighted by Gasteiger charge is 2.15. The number of methoxy groups -OCH3 is 1. The fourth-order valence-corrected chi connectivity index (χ4v) is 2.28. The van der Waals surface area contributed by atoms with E-state index in [1.54, 1.807) is 7.11 Å². The van der Waals surface area contributed by atoms with E-state index in [1.807, 2.05) is 30.3 Å². The molecule has 0 spiro atoms. The third-order valence-electron chi connectivity index (χ3n) is 3.55. The Bertz CT molecular complexity index is 536. The van der Waals surface area contributed by atoms with Crippen LogP contribution in [0.4, 0.5) is 0 Å². The van der Waals surface area contributed by atoms with Crippen molar-refractivity contribution < 1.29 is 19.1 Å². The van der Waals surface area contributed by atoms with Gasteiger partial charge in [0.2, 0.25) is 0 Å². The van der Waals surface area contributed by atoms with E-state index in [2.05, 4.69) is 11.4 Å². The zero-order valence-electron chi connectivity index (χ0n) is 12.7. The minimum atomic E-state index is -0.323. The molecule has 0 aliphatic heterocycles. The predicted molar refractivity (Wildman–Crippen MR) is 82.3 cm³/mol. The van der Waals surface area contributed by atoms with Gasteiger partial charge in [0.25, 0.3) is 5.91 Å². The molecule has 0 radical (unpaired) electrons. The van der Waals surface area contributed by atoms with E-state index in [-0.39, 0.29) is 24.4 Å². The lowest BCUT2D eigenvalue weighted by atomic mass is 10.1. The summed E-state index contributed by atoms with van der Waals surface area (Å²) in [7, 11) is 1.60. The minimum absolute atomic E-state index is 0.231. The molecule has 2 rings (SSSR count). The third-order valence-corrected chi connectivity index (χ3v) is 3.55. The lowest BCUT2D eigenvalue weighted by Crippen LogP contribution is -2.28. The summed E-state index contributed by atoms with van der Waals surface area (Å²) in [6.45, 7) is 0.164. The zero-order chi connectivity index (χ0) is 15.8. The Hall–Kier alpha value is -2.30. The van der Waals surface area contributed by atoms with E-state index < -0.39 is 0 Å². The predicted octanol–water partition coefficient (Wildman–Crippen LogP) is 2.21. The van der Waals surface area contributed by atoms with E-state index in [0.29, 0.717) is 13.0 Å². The first kappa shape index (κ1) is 16.1. The Morgan fingerprint density at radius 2 is 2.05 bits per heavy atom. The van der Waals surface area contributed by atoms with Crippen LogP contribution in [0.5, 0.6) is 5.75 Å². The van der Waals surface area contributed by atoms with Crippen molar-refractivity contribution in [2.45, 2.75) is 25.8 Å². The molecular weight excluding hydrogens is 282 g/mol. The van der Waals surface area contributed by atoms with Gasteiger partial charge in [0.05, 0.1) is 13.5 Å². The van der Waals surface area contributed by atoms with Gasteiger partial charge in [0.1, 0.15) is 5.75 Å². The van der Waals surface area contributed by atoms with Gasteiger partial charge in [-0.3, -0.25) is 9.59 Å². The van der Waals surface area contributed by atoms with Crippen LogP contribution in [-0.2, 0) is 20.9 Å². The summed E-state index contributed by atoms with van der Waals surface area (Å²) in [5.74, 6) is 0.405. The van der Waals surface area contributed by atoms with Crippen LogP contribution in [0.15, 0.2) is 36.4 Å². The lowest BCUT2D eigenvalue weighted by molar-refractivity contribution is -0.149. The number of allylic oxidation sites excluding steroid dienone is 2. The number of ether oxygens (including phenoxy) is 2. The quantitative estimate of drug-likeness (QED) is 0.619. The fraction of sp³-hybridized carbons (Fsp3) is 0.412. The first-order chi connectivity index (χ1) is 10.7. The van der Waals surface area contributed by atoms with Gasteiger partial charge < -0.3 is 14.8 Å². The Labute approximate surface area is 130 Å². The van der Waals surface area contributed by atoms with Crippen LogP contribution in [0.1, 0.15) is 24.8 Å². The van der Waals surface area contributed by atoms with Gasteiger partial charge in [0, 0.05) is 6.54 Å². The number of hydrogen-bond acceptors (Lipinski definition) is 4. The molecule has 1 aromatic rings. The number of carbonyl (C=O) groups excluding carboxylic acids is 2. The van der Waals surface area contributed by atoms with Crippen molar-refractivity contribution >= 4 is 11.9 Å². The summed E-state index contributed by atoms with van der Waals surface area (Å²) >= 11 is 0. The molecule has 118 valence electrons. The summed E-state index contributed by atoms with van der Waals surface area (Å²) in [5, 5.41) is 2.71. The standard InChI is InChI=1S/C17H21NO4/c1-21-15-8-6-14(7-9-15)11-18-16(19)12-22-17(20)10-13-4-2-3-5-13/h2,4,6-9,13H,3,5,10-12H2,1H3,(H,18,19)/t13-/m1/s1. The molecule has 1 aliphatic carbocycles. The molecule has 0 aromatic heterocycles. The molecule has 0 bridgehead atoms. The summed E-state index contributed by atoms with van der Waals surface area (Å²) in [4.78, 5) is 23.3. The normalized spacial score (nSPS) is 16.3. The number of nitrogens with one attached hydrogen (secondary N) is 1. The molecule has 0 fully saturated rings. The van der Waals surface area contributed by atoms with E-state index in [4.69, 9.17) is 9.47 Å². The fourth-order valence-electron chi connectivity index (χ4n) is 2.28. The van der Waals surface area contributed by atoms with Gasteiger partial charge in [0.15, 0.2) is 6.61 Å². The maximum Gasteiger partial charge on any atom is 0.306 e. The topological polar surface area (TPSA) is 64.6 Å². The van der Waals surface area contributed by atoms with Crippen molar-refractivity contribution in [2.24, 2.45) is 5.92 Å². The van der Waals surface area contributed by atoms with Crippen LogP contribution in [0.2, 0.25) is 0 Å². The van der Waals surface area contributed by atoms with Crippen LogP contribution in [-0.4, -0.2) is 25.6 Å². The van der Waals surface area contributed by atoms with Gasteiger partial charge in [-0.05, 0) is 36.5 Å². The van der Waals surface area contributed by atoms with Crippen LogP contribution < -0.4 is 10.1 Å². The number of amides is 1. The molecule has 22 heavy (non-hydrogen) atoms. The lowest BCUT2D eigenvalue weighted by Gasteiger charge is -2.09. The molecule has 0 saturated carbocycles. The monoisotopic (exact) mass is 303 g/mol. The largest absolute Gasteiger partial charge is 0.497 e. The second-order valence-electron chi connectivity index (χ2n) is 5.26. The number of benzene rings is 1. The molecular formula is C17H21NO4. The Morgan fingerprint density at radius 3 is 2.68 bits per heavy atom. The van der Waals surface area contributed by atoms with Crippen molar-refractivity contribution in [3.05, 3.63) is 42.0 Å². The van der Waals surface area contributed by atoms with Gasteiger partial charge in [-0.2, -0.15) is 0 Å². The smallest absolute Gasteiger partial charge is 0.306 e. The first-order valence-corrected chi connectivity index (χ1v) is 7.39. The van der Waals surface area contributed by atoms with Crippen molar-refractivity contribution in [3.63, 3.8) is 0 Å². The van der Waals surface area contributed by atoms with Gasteiger partial charge in [-0.1, -0.05) is 24.3 Å². The summed E-state index contributed by atoms with van der Waals surface area (Å²) in [6, 6.07) is 7.41. The summed E-state index contributed by atoms with van der Waals surface area (Å²) in [6.07, 6.45) is 6.45. The maximum atomic E-state index is 11.7. The molecule has 1 N–H and O–H groups in total. The molecule has 0 saturated heterocycles. The highest BCUT2D eigenvalue weighted by molar-refractivity contribution is 5.80. The van der Waals surface area contributed by atoms with Crippen molar-refractivity contribution in [2.75, 3.05) is 13.7 Å². The average molecular weight is 303 g/mol. The first-order valence-electron chi connectivity index (χ1n) is 7.39. The highest BCUT2D eigenvalue weighted by Crippen LogP contribution is 2.20. The second kappa shape index (κ2) is 8.22. The van der Waals surface area contributed by atoms with Crippen LogP contribution in [0, 0.1) is 5.92 Å². The molecule has 0 heterocycles. The Morgan fingerprint density at radius 1 is 1.27 bits per heavy atom. The minimum Gasteiger partial charge on any atom is -0.497 e. The maximum absolute atomic E-state index is 11.7. The van der Waals surface area contributed by atoms with Crippen LogP contribution in [0.25, 0.3) is 0 Å². The second-order valence-corrected chi connectivity index (χ2v) is 5.26. The molecule has 1 aromatic carbocycles. The third kappa shape index (κ3) is 5.24. The number of carbonyl (C=O) groups is 2. The van der Waals surface area contributed by atoms with Gasteiger partial charge in [-0.25, -0.2) is 0 Å². The van der Waals surface area contributed by atoms with Gasteiger partial charge in [-0.15, -0.1) is 0 Å². The Kier molecular flexibility index (Phi) is 6.01. The van der Waals surface area contributed by atoms with E-state index in [9.17, 15) is 9.59 Å². The number of hydrogen-bond donors (Lipinski definition) is 1. The van der Waals surface area contributed by atoms with Crippen molar-refractivity contribution in [1.82, 2.24) is 5.32 Å². The molecule has 1 atom stereocenters. The van der Waals surface area contributed by atoms with Crippen LogP contribution >= 0.6 is 0 Å². The van der Waals surface area contributed by atoms with Crippen molar-refractivity contribution in [1.29, 1.82) is 0 Å². The SMILES string of the molecule is COc1ccc(CNC(=O)COC(=O)C[C@@H]2C=CCC2)cc1. The molecule has 1 aliphatic rings. The highest BCUT2D eigenvalue weighted by atomic mass is 16.5. The van der Waals surface area contributed by atoms with Crippen LogP contribution in [0.3, 0.4) is 0 Å². The molecule has 5 heteroatoms. The molecule has 0 unspecified atom stereocenters. The number of esters is 1. The molecule has 1 amide bonds. The van der Waals surface area contributed by atoms with E-state index >= 15 is 0 Å². The van der Waals surface area contributed by atoms with E-state index in [0.717, 1.165) is 24.2 Å². The Balaban J connectivity index is 1.64. The zero-order valence-corrected chi connectivity index (χ0v) is 12.7. The summed E-state index contributed by atoms with van der Waals surface area (Å²) in [5.41, 5.74) is 0.955. The molecule has 5 nitrogen and oxygen atoms in total.